The van der Waals surface area contributed by atoms with E-state index in [1.165, 1.54) is 13.8 Å². The van der Waals surface area contributed by atoms with Crippen molar-refractivity contribution in [2.24, 2.45) is 10.8 Å². The summed E-state index contributed by atoms with van der Waals surface area (Å²) in [5.41, 5.74) is -3.12. The Bertz CT molecular complexity index is 404. The zero-order valence-corrected chi connectivity index (χ0v) is 12.7. The van der Waals surface area contributed by atoms with Crippen LogP contribution in [-0.4, -0.2) is 38.6 Å². The maximum Gasteiger partial charge on any atom is 0.316 e. The minimum Gasteiger partial charge on any atom is -0.481 e. The lowest BCUT2D eigenvalue weighted by Gasteiger charge is -2.25. The highest BCUT2D eigenvalue weighted by Gasteiger charge is 2.57. The Kier molecular flexibility index (Phi) is 5.49. The first kappa shape index (κ1) is 18.6. The molecule has 6 heteroatoms. The molecule has 1 saturated carbocycles. The smallest absolute Gasteiger partial charge is 0.316 e. The van der Waals surface area contributed by atoms with Crippen molar-refractivity contribution in [2.45, 2.75) is 59.5 Å². The number of aliphatic carboxylic acids is 2. The van der Waals surface area contributed by atoms with E-state index in [1.54, 1.807) is 20.8 Å². The van der Waals surface area contributed by atoms with Crippen LogP contribution >= 0.6 is 0 Å². The van der Waals surface area contributed by atoms with E-state index < -0.39 is 28.4 Å². The van der Waals surface area contributed by atoms with Gasteiger partial charge in [0.1, 0.15) is 11.2 Å². The molecule has 3 N–H and O–H groups in total. The van der Waals surface area contributed by atoms with Crippen LogP contribution in [0.1, 0.15) is 53.9 Å². The summed E-state index contributed by atoms with van der Waals surface area (Å²) in [6.45, 7) is 7.61. The highest BCUT2D eigenvalue weighted by atomic mass is 16.4. The number of ketones is 1. The van der Waals surface area contributed by atoms with Crippen LogP contribution in [0.5, 0.6) is 0 Å². The van der Waals surface area contributed by atoms with Crippen molar-refractivity contribution in [2.75, 3.05) is 0 Å². The first-order chi connectivity index (χ1) is 8.83. The molecule has 0 aromatic carbocycles. The third-order valence-corrected chi connectivity index (χ3v) is 3.97. The Labute approximate surface area is 118 Å². The number of hydrogen-bond acceptors (Lipinski definition) is 4. The summed E-state index contributed by atoms with van der Waals surface area (Å²) in [4.78, 5) is 31.8. The zero-order chi connectivity index (χ0) is 16.4. The molecular formula is C14H24O6. The van der Waals surface area contributed by atoms with Gasteiger partial charge in [-0.25, -0.2) is 0 Å². The molecule has 116 valence electrons. The number of carboxylic acids is 2. The first-order valence-corrected chi connectivity index (χ1v) is 6.55. The highest BCUT2D eigenvalue weighted by Crippen LogP contribution is 2.49. The van der Waals surface area contributed by atoms with Crippen molar-refractivity contribution >= 4 is 17.7 Å². The second-order valence-electron chi connectivity index (χ2n) is 6.17. The van der Waals surface area contributed by atoms with Crippen molar-refractivity contribution < 1.29 is 29.7 Å². The molecule has 0 aromatic rings. The summed E-state index contributed by atoms with van der Waals surface area (Å²) in [6, 6.07) is 0. The van der Waals surface area contributed by atoms with Crippen LogP contribution in [0.15, 0.2) is 0 Å². The van der Waals surface area contributed by atoms with Gasteiger partial charge >= 0.3 is 11.9 Å². The maximum absolute atomic E-state index is 10.9. The molecular weight excluding hydrogens is 264 g/mol. The van der Waals surface area contributed by atoms with Gasteiger partial charge < -0.3 is 15.3 Å². The van der Waals surface area contributed by atoms with Crippen LogP contribution in [0.2, 0.25) is 0 Å². The Morgan fingerprint density at radius 2 is 1.40 bits per heavy atom. The molecule has 1 fully saturated rings. The summed E-state index contributed by atoms with van der Waals surface area (Å²) in [6.07, 6.45) is 1.51. The van der Waals surface area contributed by atoms with Crippen LogP contribution in [0.25, 0.3) is 0 Å². The van der Waals surface area contributed by atoms with E-state index in [1.807, 2.05) is 0 Å². The molecule has 0 atom stereocenters. The topological polar surface area (TPSA) is 112 Å². The van der Waals surface area contributed by atoms with E-state index in [0.29, 0.717) is 12.8 Å². The van der Waals surface area contributed by atoms with Gasteiger partial charge in [-0.3, -0.25) is 14.4 Å². The van der Waals surface area contributed by atoms with Gasteiger partial charge in [0.05, 0.1) is 11.0 Å². The average molecular weight is 288 g/mol. The molecule has 20 heavy (non-hydrogen) atoms. The molecule has 0 aliphatic heterocycles. The first-order valence-electron chi connectivity index (χ1n) is 6.55. The van der Waals surface area contributed by atoms with Gasteiger partial charge in [0.2, 0.25) is 0 Å². The number of carbonyl (C=O) groups excluding carboxylic acids is 1. The number of aliphatic hydroxyl groups is 1. The van der Waals surface area contributed by atoms with Gasteiger partial charge in [-0.2, -0.15) is 0 Å². The van der Waals surface area contributed by atoms with Crippen LogP contribution in [-0.2, 0) is 14.4 Å². The second-order valence-corrected chi connectivity index (χ2v) is 6.17. The summed E-state index contributed by atoms with van der Waals surface area (Å²) < 4.78 is 0. The van der Waals surface area contributed by atoms with Gasteiger partial charge in [0, 0.05) is 6.42 Å². The van der Waals surface area contributed by atoms with Crippen molar-refractivity contribution in [1.29, 1.82) is 0 Å². The Balaban J connectivity index is 0.000000361. The third-order valence-electron chi connectivity index (χ3n) is 3.97. The molecule has 0 radical (unpaired) electrons. The number of Topliss-reactive ketones (excluding diaryl/α,β-unsaturated/α-hetero) is 1. The molecule has 0 bridgehead atoms. The fourth-order valence-corrected chi connectivity index (χ4v) is 1.50. The molecule has 0 unspecified atom stereocenters. The van der Waals surface area contributed by atoms with E-state index in [0.717, 1.165) is 0 Å². The number of hydrogen-bond donors (Lipinski definition) is 3. The predicted molar refractivity (Wildman–Crippen MR) is 72.3 cm³/mol. The number of carbonyl (C=O) groups is 3. The Morgan fingerprint density at radius 1 is 1.00 bits per heavy atom. The van der Waals surface area contributed by atoms with Crippen LogP contribution in [0, 0.1) is 10.8 Å². The molecule has 0 spiro atoms. The lowest BCUT2D eigenvalue weighted by molar-refractivity contribution is -0.155. The molecule has 0 heterocycles. The van der Waals surface area contributed by atoms with Crippen molar-refractivity contribution in [3.63, 3.8) is 0 Å². The molecule has 0 amide bonds. The van der Waals surface area contributed by atoms with Crippen LogP contribution in [0.3, 0.4) is 0 Å². The van der Waals surface area contributed by atoms with Crippen molar-refractivity contribution in [3.8, 4) is 0 Å². The van der Waals surface area contributed by atoms with Crippen LogP contribution < -0.4 is 0 Å². The fraction of sp³-hybridized carbons (Fsp3) is 0.786. The summed E-state index contributed by atoms with van der Waals surface area (Å²) in [5.74, 6) is -2.22. The molecule has 1 aliphatic carbocycles. The fourth-order valence-electron chi connectivity index (χ4n) is 1.50. The molecule has 0 aromatic heterocycles. The third kappa shape index (κ3) is 3.79. The highest BCUT2D eigenvalue weighted by molar-refractivity contribution is 6.01. The van der Waals surface area contributed by atoms with Gasteiger partial charge in [-0.05, 0) is 40.5 Å². The summed E-state index contributed by atoms with van der Waals surface area (Å²) in [5, 5.41) is 26.6. The lowest BCUT2D eigenvalue weighted by atomic mass is 9.84. The van der Waals surface area contributed by atoms with E-state index in [4.69, 9.17) is 10.2 Å². The van der Waals surface area contributed by atoms with Crippen molar-refractivity contribution in [1.82, 2.24) is 0 Å². The van der Waals surface area contributed by atoms with E-state index >= 15 is 0 Å². The maximum atomic E-state index is 10.9. The lowest BCUT2D eigenvalue weighted by Crippen LogP contribution is -2.38. The largest absolute Gasteiger partial charge is 0.481 e. The predicted octanol–water partition coefficient (Wildman–Crippen LogP) is 1.70. The van der Waals surface area contributed by atoms with E-state index in [9.17, 15) is 19.5 Å². The van der Waals surface area contributed by atoms with E-state index in [-0.39, 0.29) is 12.2 Å². The zero-order valence-electron chi connectivity index (χ0n) is 12.7. The quantitative estimate of drug-likeness (QED) is 0.664. The standard InChI is InChI=1S/2C7H12O3/c1-6(2,5(8)9)7(10)3-4-7;1-4-5(8)7(2,3)6(9)10/h10H,3-4H2,1-2H3,(H,8,9);4H2,1-3H3,(H,9,10). The Morgan fingerprint density at radius 3 is 1.50 bits per heavy atom. The van der Waals surface area contributed by atoms with Gasteiger partial charge in [-0.15, -0.1) is 0 Å². The Hall–Kier alpha value is -1.43. The normalized spacial score (nSPS) is 16.7. The second kappa shape index (κ2) is 5.91. The number of carboxylic acid groups (broad SMARTS) is 2. The van der Waals surface area contributed by atoms with Gasteiger partial charge in [0.25, 0.3) is 0 Å². The molecule has 0 saturated heterocycles. The van der Waals surface area contributed by atoms with E-state index in [2.05, 4.69) is 0 Å². The van der Waals surface area contributed by atoms with Crippen molar-refractivity contribution in [3.05, 3.63) is 0 Å². The SMILES string of the molecule is CC(C)(C(=O)O)C1(O)CC1.CCC(=O)C(C)(C)C(=O)O. The minimum atomic E-state index is -1.21. The average Bonchev–Trinajstić information content (AvgIpc) is 3.08. The monoisotopic (exact) mass is 288 g/mol. The molecule has 1 aliphatic rings. The molecule has 1 rings (SSSR count). The summed E-state index contributed by atoms with van der Waals surface area (Å²) in [7, 11) is 0. The van der Waals surface area contributed by atoms with Gasteiger partial charge in [0.15, 0.2) is 0 Å². The number of rotatable bonds is 5. The minimum absolute atomic E-state index is 0.236. The summed E-state index contributed by atoms with van der Waals surface area (Å²) >= 11 is 0. The van der Waals surface area contributed by atoms with Gasteiger partial charge in [-0.1, -0.05) is 6.92 Å². The van der Waals surface area contributed by atoms with Crippen LogP contribution in [0.4, 0.5) is 0 Å². The molecule has 6 nitrogen and oxygen atoms in total.